The van der Waals surface area contributed by atoms with E-state index in [0.717, 1.165) is 0 Å². The maximum Gasteiger partial charge on any atom is 0.330 e. The van der Waals surface area contributed by atoms with Crippen LogP contribution >= 0.6 is 0 Å². The lowest BCUT2D eigenvalue weighted by molar-refractivity contribution is -0.0322. The maximum absolute atomic E-state index is 11.9. The van der Waals surface area contributed by atoms with Gasteiger partial charge in [-0.05, 0) is 6.92 Å². The molecule has 0 spiro atoms. The zero-order valence-electron chi connectivity index (χ0n) is 11.3. The van der Waals surface area contributed by atoms with E-state index in [1.54, 1.807) is 17.9 Å². The Balaban J connectivity index is 1.93. The van der Waals surface area contributed by atoms with Crippen molar-refractivity contribution in [3.63, 3.8) is 0 Å². The standard InChI is InChI=1S/C12H15N5O4/c1-7-3-16(12(20)15-11(7)19)10-2-8(9(4-18)21-10)17-6-13-5-14-17/h3,5-6,8-10,18H,2,4H2,1H3,(H,15,19,20)/t8?,9-,10-/m1/s1. The summed E-state index contributed by atoms with van der Waals surface area (Å²) in [6, 6.07) is -0.221. The van der Waals surface area contributed by atoms with Crippen molar-refractivity contribution in [2.75, 3.05) is 6.61 Å². The molecule has 9 nitrogen and oxygen atoms in total. The van der Waals surface area contributed by atoms with Gasteiger partial charge in [0.1, 0.15) is 25.0 Å². The minimum absolute atomic E-state index is 0.196. The van der Waals surface area contributed by atoms with Crippen LogP contribution in [-0.4, -0.2) is 42.1 Å². The highest BCUT2D eigenvalue weighted by Crippen LogP contribution is 2.35. The van der Waals surface area contributed by atoms with E-state index in [0.29, 0.717) is 12.0 Å². The van der Waals surface area contributed by atoms with Crippen molar-refractivity contribution in [2.45, 2.75) is 31.7 Å². The molecule has 1 unspecified atom stereocenters. The van der Waals surface area contributed by atoms with Gasteiger partial charge in [0.05, 0.1) is 12.6 Å². The summed E-state index contributed by atoms with van der Waals surface area (Å²) in [6.07, 6.45) is 3.79. The Bertz CT molecular complexity index is 735. The number of aliphatic hydroxyl groups is 1. The Labute approximate surface area is 118 Å². The van der Waals surface area contributed by atoms with Crippen LogP contribution in [0.25, 0.3) is 0 Å². The van der Waals surface area contributed by atoms with Crippen molar-refractivity contribution in [2.24, 2.45) is 0 Å². The molecule has 0 bridgehead atoms. The van der Waals surface area contributed by atoms with E-state index in [9.17, 15) is 14.7 Å². The Morgan fingerprint density at radius 2 is 2.33 bits per heavy atom. The fraction of sp³-hybridized carbons (Fsp3) is 0.500. The predicted molar refractivity (Wildman–Crippen MR) is 70.7 cm³/mol. The lowest BCUT2D eigenvalue weighted by atomic mass is 10.1. The molecule has 3 rings (SSSR count). The Morgan fingerprint density at radius 1 is 1.52 bits per heavy atom. The highest BCUT2D eigenvalue weighted by molar-refractivity contribution is 5.02. The van der Waals surface area contributed by atoms with Gasteiger partial charge >= 0.3 is 5.69 Å². The molecule has 9 heteroatoms. The average molecular weight is 293 g/mol. The number of rotatable bonds is 3. The van der Waals surface area contributed by atoms with Gasteiger partial charge in [0.15, 0.2) is 0 Å². The molecule has 0 amide bonds. The monoisotopic (exact) mass is 293 g/mol. The largest absolute Gasteiger partial charge is 0.394 e. The van der Waals surface area contributed by atoms with E-state index in [1.807, 2.05) is 0 Å². The van der Waals surface area contributed by atoms with E-state index >= 15 is 0 Å². The molecular weight excluding hydrogens is 278 g/mol. The molecule has 0 aliphatic carbocycles. The summed E-state index contributed by atoms with van der Waals surface area (Å²) in [7, 11) is 0. The number of aryl methyl sites for hydroxylation is 1. The molecule has 2 N–H and O–H groups in total. The first-order valence-corrected chi connectivity index (χ1v) is 6.52. The van der Waals surface area contributed by atoms with E-state index in [4.69, 9.17) is 4.74 Å². The summed E-state index contributed by atoms with van der Waals surface area (Å²) in [4.78, 5) is 29.4. The highest BCUT2D eigenvalue weighted by atomic mass is 16.5. The number of nitrogens with zero attached hydrogens (tertiary/aromatic N) is 4. The van der Waals surface area contributed by atoms with E-state index in [-0.39, 0.29) is 12.6 Å². The number of ether oxygens (including phenoxy) is 1. The van der Waals surface area contributed by atoms with Gasteiger partial charge in [0.2, 0.25) is 0 Å². The first-order valence-electron chi connectivity index (χ1n) is 6.52. The van der Waals surface area contributed by atoms with Crippen molar-refractivity contribution in [1.82, 2.24) is 24.3 Å². The zero-order chi connectivity index (χ0) is 15.0. The molecular formula is C12H15N5O4. The molecule has 21 heavy (non-hydrogen) atoms. The van der Waals surface area contributed by atoms with Crippen LogP contribution in [0.2, 0.25) is 0 Å². The topological polar surface area (TPSA) is 115 Å². The van der Waals surface area contributed by atoms with Crippen molar-refractivity contribution in [3.05, 3.63) is 45.3 Å². The molecule has 3 heterocycles. The number of aliphatic hydroxyl groups excluding tert-OH is 1. The second-order valence-corrected chi connectivity index (χ2v) is 4.97. The van der Waals surface area contributed by atoms with E-state index in [2.05, 4.69) is 15.1 Å². The molecule has 1 saturated heterocycles. The van der Waals surface area contributed by atoms with Crippen LogP contribution in [0.1, 0.15) is 24.3 Å². The second-order valence-electron chi connectivity index (χ2n) is 4.97. The normalized spacial score (nSPS) is 25.3. The van der Waals surface area contributed by atoms with Crippen molar-refractivity contribution < 1.29 is 9.84 Å². The summed E-state index contributed by atoms with van der Waals surface area (Å²) < 4.78 is 8.64. The highest BCUT2D eigenvalue weighted by Gasteiger charge is 2.38. The summed E-state index contributed by atoms with van der Waals surface area (Å²) in [5, 5.41) is 13.5. The van der Waals surface area contributed by atoms with Crippen LogP contribution in [0.4, 0.5) is 0 Å². The SMILES string of the molecule is Cc1cn([C@H]2CC(n3cncn3)[C@@H](CO)O2)c(=O)[nH]c1=O. The minimum atomic E-state index is -0.570. The van der Waals surface area contributed by atoms with Gasteiger partial charge in [-0.25, -0.2) is 14.5 Å². The summed E-state index contributed by atoms with van der Waals surface area (Å²) >= 11 is 0. The first kappa shape index (κ1) is 13.7. The first-order chi connectivity index (χ1) is 10.1. The molecule has 3 atom stereocenters. The molecule has 2 aromatic rings. The van der Waals surface area contributed by atoms with Crippen LogP contribution in [0.3, 0.4) is 0 Å². The van der Waals surface area contributed by atoms with Crippen LogP contribution in [-0.2, 0) is 4.74 Å². The number of nitrogens with one attached hydrogen (secondary N) is 1. The Hall–Kier alpha value is -2.26. The average Bonchev–Trinajstić information content (AvgIpc) is 3.10. The third-order valence-electron chi connectivity index (χ3n) is 3.62. The molecule has 1 aliphatic rings. The lowest BCUT2D eigenvalue weighted by Gasteiger charge is -2.15. The predicted octanol–water partition coefficient (Wildman–Crippen LogP) is -1.04. The van der Waals surface area contributed by atoms with Gasteiger partial charge in [-0.3, -0.25) is 14.3 Å². The maximum atomic E-state index is 11.9. The summed E-state index contributed by atoms with van der Waals surface area (Å²) in [6.45, 7) is 1.42. The fourth-order valence-corrected chi connectivity index (χ4v) is 2.52. The number of hydrogen-bond donors (Lipinski definition) is 2. The van der Waals surface area contributed by atoms with Gasteiger partial charge in [-0.2, -0.15) is 5.10 Å². The van der Waals surface area contributed by atoms with Gasteiger partial charge in [0.25, 0.3) is 5.56 Å². The summed E-state index contributed by atoms with van der Waals surface area (Å²) in [5.74, 6) is 0. The molecule has 0 radical (unpaired) electrons. The number of hydrogen-bond acceptors (Lipinski definition) is 6. The number of aromatic nitrogens is 5. The van der Waals surface area contributed by atoms with Crippen molar-refractivity contribution >= 4 is 0 Å². The van der Waals surface area contributed by atoms with Crippen LogP contribution in [0.15, 0.2) is 28.4 Å². The van der Waals surface area contributed by atoms with Gasteiger partial charge in [-0.15, -0.1) is 0 Å². The quantitative estimate of drug-likeness (QED) is 0.746. The van der Waals surface area contributed by atoms with E-state index < -0.39 is 23.6 Å². The molecule has 112 valence electrons. The fourth-order valence-electron chi connectivity index (χ4n) is 2.52. The summed E-state index contributed by atoms with van der Waals surface area (Å²) in [5.41, 5.74) is -0.532. The smallest absolute Gasteiger partial charge is 0.330 e. The van der Waals surface area contributed by atoms with Gasteiger partial charge in [0, 0.05) is 18.2 Å². The van der Waals surface area contributed by atoms with Crippen LogP contribution in [0.5, 0.6) is 0 Å². The third kappa shape index (κ3) is 2.41. The molecule has 1 fully saturated rings. The van der Waals surface area contributed by atoms with Crippen LogP contribution < -0.4 is 11.2 Å². The second kappa shape index (κ2) is 5.26. The van der Waals surface area contributed by atoms with Crippen molar-refractivity contribution in [1.29, 1.82) is 0 Å². The molecule has 1 aliphatic heterocycles. The number of aromatic amines is 1. The van der Waals surface area contributed by atoms with Crippen molar-refractivity contribution in [3.8, 4) is 0 Å². The minimum Gasteiger partial charge on any atom is -0.394 e. The van der Waals surface area contributed by atoms with E-state index in [1.165, 1.54) is 17.1 Å². The van der Waals surface area contributed by atoms with Gasteiger partial charge in [-0.1, -0.05) is 0 Å². The zero-order valence-corrected chi connectivity index (χ0v) is 11.3. The third-order valence-corrected chi connectivity index (χ3v) is 3.62. The number of H-pyrrole nitrogens is 1. The Morgan fingerprint density at radius 3 is 3.00 bits per heavy atom. The van der Waals surface area contributed by atoms with Crippen LogP contribution in [0, 0.1) is 6.92 Å². The molecule has 2 aromatic heterocycles. The Kier molecular flexibility index (Phi) is 3.43. The molecule has 0 saturated carbocycles. The van der Waals surface area contributed by atoms with Gasteiger partial charge < -0.3 is 9.84 Å². The molecule has 0 aromatic carbocycles. The lowest BCUT2D eigenvalue weighted by Crippen LogP contribution is -2.33.